The highest BCUT2D eigenvalue weighted by atomic mass is 16.4. The number of carboxylic acids is 1. The number of nitrogens with one attached hydrogen (secondary N) is 2. The van der Waals surface area contributed by atoms with Gasteiger partial charge in [-0.05, 0) is 56.3 Å². The van der Waals surface area contributed by atoms with Crippen LogP contribution in [-0.2, 0) is 0 Å². The number of carboxylic acid groups (broad SMARTS) is 1. The fourth-order valence-electron chi connectivity index (χ4n) is 2.80. The summed E-state index contributed by atoms with van der Waals surface area (Å²) in [5, 5.41) is 14.0. The second kappa shape index (κ2) is 6.91. The number of fused-ring (bicyclic) bond motifs is 1. The third-order valence-corrected chi connectivity index (χ3v) is 4.08. The molecule has 8 heteroatoms. The van der Waals surface area contributed by atoms with Gasteiger partial charge < -0.3 is 15.7 Å². The number of imide groups is 1. The first-order chi connectivity index (χ1) is 12.8. The van der Waals surface area contributed by atoms with Crippen molar-refractivity contribution in [2.24, 2.45) is 0 Å². The molecule has 27 heavy (non-hydrogen) atoms. The molecule has 3 N–H and O–H groups in total. The molecule has 0 atom stereocenters. The minimum absolute atomic E-state index is 0.109. The van der Waals surface area contributed by atoms with Gasteiger partial charge >= 0.3 is 12.0 Å². The van der Waals surface area contributed by atoms with Gasteiger partial charge in [0.15, 0.2) is 0 Å². The molecule has 0 fully saturated rings. The Morgan fingerprint density at radius 1 is 0.889 bits per heavy atom. The van der Waals surface area contributed by atoms with Crippen LogP contribution >= 0.6 is 0 Å². The molecule has 0 aromatic heterocycles. The van der Waals surface area contributed by atoms with Crippen molar-refractivity contribution < 1.29 is 24.3 Å². The quantitative estimate of drug-likeness (QED) is 0.718. The van der Waals surface area contributed by atoms with Crippen LogP contribution in [-0.4, -0.2) is 39.9 Å². The van der Waals surface area contributed by atoms with Gasteiger partial charge in [0.25, 0.3) is 11.8 Å². The van der Waals surface area contributed by atoms with E-state index in [-0.39, 0.29) is 23.1 Å². The summed E-state index contributed by atoms with van der Waals surface area (Å²) < 4.78 is 0. The molecule has 0 bridgehead atoms. The summed E-state index contributed by atoms with van der Waals surface area (Å²) in [7, 11) is 0. The van der Waals surface area contributed by atoms with E-state index in [1.165, 1.54) is 41.3 Å². The van der Waals surface area contributed by atoms with Gasteiger partial charge in [0.2, 0.25) is 0 Å². The topological polar surface area (TPSA) is 116 Å². The molecule has 0 aliphatic carbocycles. The Morgan fingerprint density at radius 3 is 2.04 bits per heavy atom. The molecule has 0 spiro atoms. The minimum Gasteiger partial charge on any atom is -0.478 e. The zero-order chi connectivity index (χ0) is 19.7. The maximum Gasteiger partial charge on any atom is 0.335 e. The van der Waals surface area contributed by atoms with Crippen LogP contribution in [0.2, 0.25) is 0 Å². The van der Waals surface area contributed by atoms with Gasteiger partial charge in [-0.3, -0.25) is 14.5 Å². The molecule has 0 radical (unpaired) electrons. The van der Waals surface area contributed by atoms with Gasteiger partial charge in [-0.25, -0.2) is 9.59 Å². The molecule has 1 aliphatic heterocycles. The van der Waals surface area contributed by atoms with Crippen LogP contribution in [0.5, 0.6) is 0 Å². The smallest absolute Gasteiger partial charge is 0.335 e. The number of carbonyl (C=O) groups is 4. The van der Waals surface area contributed by atoms with Crippen molar-refractivity contribution in [3.05, 3.63) is 59.2 Å². The molecule has 2 aromatic carbocycles. The number of aromatic carboxylic acids is 1. The van der Waals surface area contributed by atoms with Crippen LogP contribution in [0.1, 0.15) is 44.9 Å². The molecular formula is C19H17N3O5. The fourth-order valence-corrected chi connectivity index (χ4v) is 2.80. The van der Waals surface area contributed by atoms with Crippen molar-refractivity contribution in [3.8, 4) is 0 Å². The molecule has 4 amide bonds. The first kappa shape index (κ1) is 18.1. The van der Waals surface area contributed by atoms with Gasteiger partial charge in [0.05, 0.1) is 16.7 Å². The highest BCUT2D eigenvalue weighted by molar-refractivity contribution is 6.22. The van der Waals surface area contributed by atoms with Crippen LogP contribution in [0.25, 0.3) is 0 Å². The molecule has 8 nitrogen and oxygen atoms in total. The number of hydrogen-bond acceptors (Lipinski definition) is 4. The first-order valence-electron chi connectivity index (χ1n) is 8.21. The van der Waals surface area contributed by atoms with Gasteiger partial charge in [-0.2, -0.15) is 0 Å². The summed E-state index contributed by atoms with van der Waals surface area (Å²) in [6.07, 6.45) is 0. The molecule has 2 aromatic rings. The molecule has 3 rings (SSSR count). The zero-order valence-electron chi connectivity index (χ0n) is 14.6. The second-order valence-electron chi connectivity index (χ2n) is 6.30. The predicted octanol–water partition coefficient (Wildman–Crippen LogP) is 3.03. The second-order valence-corrected chi connectivity index (χ2v) is 6.30. The van der Waals surface area contributed by atoms with Crippen LogP contribution in [0, 0.1) is 0 Å². The largest absolute Gasteiger partial charge is 0.478 e. The van der Waals surface area contributed by atoms with Crippen molar-refractivity contribution in [1.82, 2.24) is 4.90 Å². The monoisotopic (exact) mass is 367 g/mol. The molecule has 0 saturated carbocycles. The van der Waals surface area contributed by atoms with E-state index in [0.717, 1.165) is 0 Å². The van der Waals surface area contributed by atoms with Crippen LogP contribution in [0.4, 0.5) is 16.2 Å². The van der Waals surface area contributed by atoms with Gasteiger partial charge in [0.1, 0.15) is 0 Å². The SMILES string of the molecule is CC(C)N1C(=O)c2ccc(NC(=O)Nc3ccc(C(=O)O)cc3)cc2C1=O. The Hall–Kier alpha value is -3.68. The van der Waals surface area contributed by atoms with Crippen molar-refractivity contribution >= 4 is 35.2 Å². The van der Waals surface area contributed by atoms with Gasteiger partial charge in [-0.1, -0.05) is 0 Å². The van der Waals surface area contributed by atoms with Crippen molar-refractivity contribution in [3.63, 3.8) is 0 Å². The van der Waals surface area contributed by atoms with Crippen molar-refractivity contribution in [1.29, 1.82) is 0 Å². The fraction of sp³-hybridized carbons (Fsp3) is 0.158. The van der Waals surface area contributed by atoms with Crippen LogP contribution < -0.4 is 10.6 Å². The van der Waals surface area contributed by atoms with Crippen molar-refractivity contribution in [2.75, 3.05) is 10.6 Å². The molecular weight excluding hydrogens is 350 g/mol. The zero-order valence-corrected chi connectivity index (χ0v) is 14.6. The minimum atomic E-state index is -1.06. The van der Waals surface area contributed by atoms with Crippen LogP contribution in [0.15, 0.2) is 42.5 Å². The van der Waals surface area contributed by atoms with E-state index in [1.54, 1.807) is 19.9 Å². The van der Waals surface area contributed by atoms with E-state index in [4.69, 9.17) is 5.11 Å². The average molecular weight is 367 g/mol. The molecule has 1 heterocycles. The third-order valence-electron chi connectivity index (χ3n) is 4.08. The van der Waals surface area contributed by atoms with E-state index in [1.807, 2.05) is 0 Å². The molecule has 1 aliphatic rings. The number of benzene rings is 2. The maximum absolute atomic E-state index is 12.4. The third kappa shape index (κ3) is 3.50. The summed E-state index contributed by atoms with van der Waals surface area (Å²) in [6, 6.07) is 9.38. The lowest BCUT2D eigenvalue weighted by molar-refractivity contribution is 0.0607. The Kier molecular flexibility index (Phi) is 4.64. The summed E-state index contributed by atoms with van der Waals surface area (Å²) in [5.74, 6) is -1.79. The lowest BCUT2D eigenvalue weighted by Crippen LogP contribution is -2.35. The van der Waals surface area contributed by atoms with E-state index in [2.05, 4.69) is 10.6 Å². The number of anilines is 2. The molecule has 138 valence electrons. The lowest BCUT2D eigenvalue weighted by atomic mass is 10.1. The number of hydrogen-bond donors (Lipinski definition) is 3. The Balaban J connectivity index is 1.72. The van der Waals surface area contributed by atoms with E-state index < -0.39 is 17.9 Å². The number of urea groups is 1. The first-order valence-corrected chi connectivity index (χ1v) is 8.21. The summed E-state index contributed by atoms with van der Waals surface area (Å²) >= 11 is 0. The Morgan fingerprint density at radius 2 is 1.44 bits per heavy atom. The summed E-state index contributed by atoms with van der Waals surface area (Å²) in [6.45, 7) is 3.51. The maximum atomic E-state index is 12.4. The van der Waals surface area contributed by atoms with Gasteiger partial charge in [0, 0.05) is 17.4 Å². The summed E-state index contributed by atoms with van der Waals surface area (Å²) in [5.41, 5.74) is 1.44. The number of amides is 4. The van der Waals surface area contributed by atoms with Gasteiger partial charge in [-0.15, -0.1) is 0 Å². The Bertz CT molecular complexity index is 950. The van der Waals surface area contributed by atoms with Crippen LogP contribution in [0.3, 0.4) is 0 Å². The molecule has 0 saturated heterocycles. The normalized spacial score (nSPS) is 12.9. The highest BCUT2D eigenvalue weighted by Gasteiger charge is 2.37. The number of rotatable bonds is 4. The number of nitrogens with zero attached hydrogens (tertiary/aromatic N) is 1. The Labute approximate surface area is 154 Å². The van der Waals surface area contributed by atoms with Crippen molar-refractivity contribution in [2.45, 2.75) is 19.9 Å². The van der Waals surface area contributed by atoms with E-state index in [0.29, 0.717) is 16.9 Å². The average Bonchev–Trinajstić information content (AvgIpc) is 2.86. The summed E-state index contributed by atoms with van der Waals surface area (Å²) in [4.78, 5) is 48.8. The standard InChI is InChI=1S/C19H17N3O5/c1-10(2)22-16(23)14-8-7-13(9-15(14)17(22)24)21-19(27)20-12-5-3-11(4-6-12)18(25)26/h3-10H,1-2H3,(H,25,26)(H2,20,21,27). The number of carbonyl (C=O) groups excluding carboxylic acids is 3. The highest BCUT2D eigenvalue weighted by Crippen LogP contribution is 2.27. The van der Waals surface area contributed by atoms with E-state index >= 15 is 0 Å². The van der Waals surface area contributed by atoms with E-state index in [9.17, 15) is 19.2 Å². The molecule has 0 unspecified atom stereocenters. The predicted molar refractivity (Wildman–Crippen MR) is 98.1 cm³/mol. The lowest BCUT2D eigenvalue weighted by Gasteiger charge is -2.17.